The molecule has 1 aromatic rings. The van der Waals surface area contributed by atoms with Gasteiger partial charge in [0, 0.05) is 43.5 Å². The predicted molar refractivity (Wildman–Crippen MR) is 79.1 cm³/mol. The van der Waals surface area contributed by atoms with Crippen LogP contribution in [0.5, 0.6) is 0 Å². The van der Waals surface area contributed by atoms with Crippen molar-refractivity contribution in [3.63, 3.8) is 0 Å². The molecule has 0 aliphatic carbocycles. The maximum absolute atomic E-state index is 4.38. The fraction of sp³-hybridized carbons (Fsp3) is 0.800. The number of hydrogen-bond donors (Lipinski definition) is 1. The smallest absolute Gasteiger partial charge is 0.0534 e. The van der Waals surface area contributed by atoms with Crippen LogP contribution in [0.2, 0.25) is 0 Å². The number of aryl methyl sites for hydroxylation is 1. The largest absolute Gasteiger partial charge is 0.313 e. The van der Waals surface area contributed by atoms with Crippen LogP contribution in [0.15, 0.2) is 12.4 Å². The Morgan fingerprint density at radius 3 is 2.95 bits per heavy atom. The Hall–Kier alpha value is -0.870. The van der Waals surface area contributed by atoms with Crippen LogP contribution < -0.4 is 5.32 Å². The van der Waals surface area contributed by atoms with Crippen LogP contribution in [0.25, 0.3) is 0 Å². The molecule has 0 amide bonds. The number of aromatic nitrogens is 2. The number of rotatable bonds is 5. The van der Waals surface area contributed by atoms with Gasteiger partial charge in [-0.05, 0) is 33.2 Å². The Kier molecular flexibility index (Phi) is 5.40. The molecule has 4 heteroatoms. The maximum atomic E-state index is 4.38. The average Bonchev–Trinajstić information content (AvgIpc) is 2.78. The standard InChI is InChI=1S/C15H28N4/c1-4-6-15-12-18(13(3)7-8-16-15)10-14-9-17-19(5-2)11-14/h9,11,13,15-16H,4-8,10,12H2,1-3H3. The number of nitrogens with zero attached hydrogens (tertiary/aromatic N) is 3. The van der Waals surface area contributed by atoms with Crippen molar-refractivity contribution < 1.29 is 0 Å². The zero-order chi connectivity index (χ0) is 13.7. The van der Waals surface area contributed by atoms with E-state index in [4.69, 9.17) is 0 Å². The molecule has 2 unspecified atom stereocenters. The first-order chi connectivity index (χ1) is 9.22. The Balaban J connectivity index is 1.98. The van der Waals surface area contributed by atoms with Crippen LogP contribution in [0, 0.1) is 0 Å². The van der Waals surface area contributed by atoms with Gasteiger partial charge in [-0.15, -0.1) is 0 Å². The van der Waals surface area contributed by atoms with E-state index in [1.807, 2.05) is 10.9 Å². The van der Waals surface area contributed by atoms with E-state index in [1.54, 1.807) is 0 Å². The lowest BCUT2D eigenvalue weighted by atomic mass is 10.1. The van der Waals surface area contributed by atoms with Gasteiger partial charge in [-0.2, -0.15) is 5.10 Å². The van der Waals surface area contributed by atoms with Crippen molar-refractivity contribution in [2.24, 2.45) is 0 Å². The monoisotopic (exact) mass is 264 g/mol. The van der Waals surface area contributed by atoms with E-state index in [-0.39, 0.29) is 0 Å². The summed E-state index contributed by atoms with van der Waals surface area (Å²) in [6.45, 7) is 11.0. The second-order valence-corrected chi connectivity index (χ2v) is 5.71. The minimum atomic E-state index is 0.649. The Bertz CT molecular complexity index is 374. The van der Waals surface area contributed by atoms with Crippen LogP contribution in [-0.2, 0) is 13.1 Å². The summed E-state index contributed by atoms with van der Waals surface area (Å²) in [7, 11) is 0. The molecule has 19 heavy (non-hydrogen) atoms. The molecule has 1 fully saturated rings. The predicted octanol–water partition coefficient (Wildman–Crippen LogP) is 2.26. The molecule has 1 aromatic heterocycles. The van der Waals surface area contributed by atoms with Gasteiger partial charge in [0.1, 0.15) is 0 Å². The molecular formula is C15H28N4. The average molecular weight is 264 g/mol. The van der Waals surface area contributed by atoms with Crippen molar-refractivity contribution >= 4 is 0 Å². The molecule has 1 aliphatic heterocycles. The minimum absolute atomic E-state index is 0.649. The fourth-order valence-corrected chi connectivity index (χ4v) is 2.86. The molecule has 2 heterocycles. The summed E-state index contributed by atoms with van der Waals surface area (Å²) in [4.78, 5) is 2.61. The van der Waals surface area contributed by atoms with Crippen molar-refractivity contribution in [1.82, 2.24) is 20.0 Å². The van der Waals surface area contributed by atoms with Crippen LogP contribution in [0.1, 0.15) is 45.6 Å². The zero-order valence-electron chi connectivity index (χ0n) is 12.6. The van der Waals surface area contributed by atoms with Gasteiger partial charge < -0.3 is 5.32 Å². The maximum Gasteiger partial charge on any atom is 0.0534 e. The highest BCUT2D eigenvalue weighted by molar-refractivity contribution is 5.04. The Morgan fingerprint density at radius 1 is 1.42 bits per heavy atom. The highest BCUT2D eigenvalue weighted by Gasteiger charge is 2.22. The molecular weight excluding hydrogens is 236 g/mol. The van der Waals surface area contributed by atoms with Gasteiger partial charge in [-0.1, -0.05) is 13.3 Å². The molecule has 0 radical (unpaired) electrons. The highest BCUT2D eigenvalue weighted by Crippen LogP contribution is 2.15. The summed E-state index contributed by atoms with van der Waals surface area (Å²) in [5.74, 6) is 0. The topological polar surface area (TPSA) is 33.1 Å². The van der Waals surface area contributed by atoms with E-state index in [0.29, 0.717) is 12.1 Å². The third-order valence-corrected chi connectivity index (χ3v) is 4.11. The third-order valence-electron chi connectivity index (χ3n) is 4.11. The molecule has 2 atom stereocenters. The second kappa shape index (κ2) is 7.06. The van der Waals surface area contributed by atoms with Crippen molar-refractivity contribution in [3.8, 4) is 0 Å². The van der Waals surface area contributed by atoms with Gasteiger partial charge in [0.05, 0.1) is 6.20 Å². The van der Waals surface area contributed by atoms with Crippen LogP contribution in [0.4, 0.5) is 0 Å². The van der Waals surface area contributed by atoms with Crippen LogP contribution in [0.3, 0.4) is 0 Å². The van der Waals surface area contributed by atoms with E-state index >= 15 is 0 Å². The lowest BCUT2D eigenvalue weighted by Gasteiger charge is -2.28. The van der Waals surface area contributed by atoms with Crippen molar-refractivity contribution in [2.45, 2.75) is 65.2 Å². The number of nitrogens with one attached hydrogen (secondary N) is 1. The van der Waals surface area contributed by atoms with Gasteiger partial charge in [-0.25, -0.2) is 0 Å². The Morgan fingerprint density at radius 2 is 2.26 bits per heavy atom. The van der Waals surface area contributed by atoms with E-state index in [1.165, 1.54) is 24.8 Å². The summed E-state index contributed by atoms with van der Waals surface area (Å²) in [6.07, 6.45) is 7.97. The molecule has 0 bridgehead atoms. The molecule has 0 aromatic carbocycles. The summed E-state index contributed by atoms with van der Waals surface area (Å²) in [6, 6.07) is 1.30. The SMILES string of the molecule is CCCC1CN(Cc2cnn(CC)c2)C(C)CCN1. The van der Waals surface area contributed by atoms with Gasteiger partial charge in [0.15, 0.2) is 0 Å². The van der Waals surface area contributed by atoms with Crippen molar-refractivity contribution in [3.05, 3.63) is 18.0 Å². The zero-order valence-corrected chi connectivity index (χ0v) is 12.6. The van der Waals surface area contributed by atoms with Gasteiger partial charge in [0.2, 0.25) is 0 Å². The summed E-state index contributed by atoms with van der Waals surface area (Å²) in [5.41, 5.74) is 1.34. The molecule has 108 valence electrons. The molecule has 4 nitrogen and oxygen atoms in total. The molecule has 2 rings (SSSR count). The first-order valence-corrected chi connectivity index (χ1v) is 7.71. The molecule has 1 aliphatic rings. The van der Waals surface area contributed by atoms with Gasteiger partial charge in [0.25, 0.3) is 0 Å². The van der Waals surface area contributed by atoms with Crippen molar-refractivity contribution in [2.75, 3.05) is 13.1 Å². The van der Waals surface area contributed by atoms with Crippen LogP contribution in [-0.4, -0.2) is 39.9 Å². The molecule has 0 saturated carbocycles. The normalized spacial score (nSPS) is 25.4. The quantitative estimate of drug-likeness (QED) is 0.885. The van der Waals surface area contributed by atoms with E-state index in [9.17, 15) is 0 Å². The van der Waals surface area contributed by atoms with E-state index in [2.05, 4.69) is 42.3 Å². The number of hydrogen-bond acceptors (Lipinski definition) is 3. The first-order valence-electron chi connectivity index (χ1n) is 7.71. The first kappa shape index (κ1) is 14.5. The van der Waals surface area contributed by atoms with Crippen molar-refractivity contribution in [1.29, 1.82) is 0 Å². The minimum Gasteiger partial charge on any atom is -0.313 e. The summed E-state index contributed by atoms with van der Waals surface area (Å²) in [5, 5.41) is 8.06. The summed E-state index contributed by atoms with van der Waals surface area (Å²) < 4.78 is 2.01. The lowest BCUT2D eigenvalue weighted by molar-refractivity contribution is 0.193. The molecule has 1 N–H and O–H groups in total. The van der Waals surface area contributed by atoms with E-state index < -0.39 is 0 Å². The van der Waals surface area contributed by atoms with Gasteiger partial charge >= 0.3 is 0 Å². The summed E-state index contributed by atoms with van der Waals surface area (Å²) >= 11 is 0. The van der Waals surface area contributed by atoms with E-state index in [0.717, 1.165) is 26.2 Å². The second-order valence-electron chi connectivity index (χ2n) is 5.71. The molecule has 1 saturated heterocycles. The van der Waals surface area contributed by atoms with Gasteiger partial charge in [-0.3, -0.25) is 9.58 Å². The van der Waals surface area contributed by atoms with Crippen LogP contribution >= 0.6 is 0 Å². The fourth-order valence-electron chi connectivity index (χ4n) is 2.86. The third kappa shape index (κ3) is 4.05. The highest BCUT2D eigenvalue weighted by atomic mass is 15.3. The molecule has 0 spiro atoms. The lowest BCUT2D eigenvalue weighted by Crippen LogP contribution is -2.39. The Labute approximate surface area is 117 Å².